The van der Waals surface area contributed by atoms with E-state index in [1.54, 1.807) is 6.92 Å². The summed E-state index contributed by atoms with van der Waals surface area (Å²) in [6.07, 6.45) is 1.33. The van der Waals surface area contributed by atoms with Gasteiger partial charge in [-0.05, 0) is 42.6 Å². The number of allylic oxidation sites excluding steroid dienone is 2. The molecule has 0 aliphatic heterocycles. The van der Waals surface area contributed by atoms with Gasteiger partial charge >= 0.3 is 0 Å². The Morgan fingerprint density at radius 3 is 2.00 bits per heavy atom. The van der Waals surface area contributed by atoms with Crippen molar-refractivity contribution in [2.75, 3.05) is 0 Å². The zero-order chi connectivity index (χ0) is 26.0. The number of aliphatic hydroxyl groups is 1. The van der Waals surface area contributed by atoms with Crippen LogP contribution >= 0.6 is 0 Å². The molecule has 1 radical (unpaired) electrons. The Kier molecular flexibility index (Phi) is 10.1. The number of carbonyl (C=O) groups is 1. The van der Waals surface area contributed by atoms with Crippen LogP contribution in [-0.4, -0.2) is 15.9 Å². The number of hydrogen-bond acceptors (Lipinski definition) is 3. The summed E-state index contributed by atoms with van der Waals surface area (Å²) in [5.41, 5.74) is 5.75. The molecule has 2 aromatic carbocycles. The molecular weight excluding hydrogens is 618 g/mol. The first-order valence-corrected chi connectivity index (χ1v) is 11.5. The van der Waals surface area contributed by atoms with Gasteiger partial charge in [0.2, 0.25) is 0 Å². The molecule has 3 aromatic rings. The summed E-state index contributed by atoms with van der Waals surface area (Å²) >= 11 is 0. The third-order valence-electron chi connectivity index (χ3n) is 5.46. The molecule has 0 saturated heterocycles. The Hall–Kier alpha value is -2.36. The van der Waals surface area contributed by atoms with Crippen LogP contribution in [0.3, 0.4) is 0 Å². The first kappa shape index (κ1) is 30.7. The second kappa shape index (κ2) is 11.6. The number of aromatic nitrogens is 1. The summed E-state index contributed by atoms with van der Waals surface area (Å²) < 4.78 is 13.8. The van der Waals surface area contributed by atoms with E-state index in [9.17, 15) is 14.3 Å². The van der Waals surface area contributed by atoms with Crippen molar-refractivity contribution >= 4 is 16.7 Å². The van der Waals surface area contributed by atoms with E-state index in [4.69, 9.17) is 0 Å². The Labute approximate surface area is 223 Å². The van der Waals surface area contributed by atoms with E-state index < -0.39 is 5.41 Å². The number of pyridine rings is 1. The molecule has 0 amide bonds. The van der Waals surface area contributed by atoms with Crippen molar-refractivity contribution in [2.24, 2.45) is 10.8 Å². The fourth-order valence-corrected chi connectivity index (χ4v) is 3.27. The third-order valence-corrected chi connectivity index (χ3v) is 5.46. The van der Waals surface area contributed by atoms with Gasteiger partial charge < -0.3 is 5.11 Å². The molecule has 0 fully saturated rings. The number of carbonyl (C=O) groups excluding carboxylic acids is 1. The van der Waals surface area contributed by atoms with Crippen molar-refractivity contribution < 1.29 is 34.4 Å². The molecule has 0 spiro atoms. The van der Waals surface area contributed by atoms with Crippen LogP contribution in [0.5, 0.6) is 0 Å². The van der Waals surface area contributed by atoms with Crippen LogP contribution in [0.15, 0.2) is 42.2 Å². The number of rotatable bonds is 2. The fraction of sp³-hybridized carbons (Fsp3) is 0.400. The van der Waals surface area contributed by atoms with Crippen LogP contribution in [0, 0.1) is 50.4 Å². The molecule has 0 saturated carbocycles. The Morgan fingerprint density at radius 1 is 0.914 bits per heavy atom. The monoisotopic (exact) mass is 655 g/mol. The molecule has 35 heavy (non-hydrogen) atoms. The minimum Gasteiger partial charge on any atom is -0.512 e. The van der Waals surface area contributed by atoms with Crippen molar-refractivity contribution in [3.8, 4) is 11.3 Å². The molecule has 3 rings (SSSR count). The van der Waals surface area contributed by atoms with Crippen LogP contribution < -0.4 is 0 Å². The Bertz CT molecular complexity index is 1230. The van der Waals surface area contributed by atoms with Crippen LogP contribution in [0.25, 0.3) is 22.2 Å². The molecule has 1 aromatic heterocycles. The maximum absolute atomic E-state index is 13.8. The van der Waals surface area contributed by atoms with Gasteiger partial charge in [-0.1, -0.05) is 67.0 Å². The molecule has 0 aliphatic carbocycles. The summed E-state index contributed by atoms with van der Waals surface area (Å²) in [5.74, 6) is -0.110. The summed E-state index contributed by atoms with van der Waals surface area (Å²) in [5, 5.41) is 10.5. The van der Waals surface area contributed by atoms with Gasteiger partial charge in [0, 0.05) is 37.0 Å². The average molecular weight is 655 g/mol. The summed E-state index contributed by atoms with van der Waals surface area (Å²) in [6, 6.07) is 12.9. The minimum absolute atomic E-state index is 0. The number of ketones is 1. The molecule has 1 heterocycles. The van der Waals surface area contributed by atoms with Crippen LogP contribution in [0.2, 0.25) is 0 Å². The van der Waals surface area contributed by atoms with E-state index in [1.807, 2.05) is 61.5 Å². The first-order valence-electron chi connectivity index (χ1n) is 11.5. The number of aryl methyl sites for hydroxylation is 4. The third kappa shape index (κ3) is 8.37. The van der Waals surface area contributed by atoms with Gasteiger partial charge in [-0.15, -0.1) is 34.9 Å². The number of halogens is 1. The van der Waals surface area contributed by atoms with Crippen molar-refractivity contribution in [1.29, 1.82) is 0 Å². The number of fused-ring (bicyclic) bond motifs is 1. The zero-order valence-corrected chi connectivity index (χ0v) is 24.9. The summed E-state index contributed by atoms with van der Waals surface area (Å²) in [4.78, 5) is 16.1. The standard InChI is InChI=1S/C19H17FN.C11H20O2.Ir/c1-11-5-12(2)7-16(6-11)19-14(4)9-15-8-13(3)17(20)10-18(15)21-19;1-10(2,3)8(12)7-9(13)11(4,5)6;/h5-6,8-10H,1-4H3;7,12H,1-6H3;/q-1;;/b;8-7-;. The average Bonchev–Trinajstić information content (AvgIpc) is 2.67. The maximum atomic E-state index is 13.8. The normalized spacial score (nSPS) is 12.0. The van der Waals surface area contributed by atoms with E-state index in [0.29, 0.717) is 11.1 Å². The Morgan fingerprint density at radius 2 is 1.49 bits per heavy atom. The maximum Gasteiger partial charge on any atom is 0.164 e. The number of hydrogen-bond donors (Lipinski definition) is 1. The molecule has 0 aliphatic rings. The summed E-state index contributed by atoms with van der Waals surface area (Å²) in [7, 11) is 0. The predicted molar refractivity (Wildman–Crippen MR) is 140 cm³/mol. The summed E-state index contributed by atoms with van der Waals surface area (Å²) in [6.45, 7) is 19.0. The molecule has 0 unspecified atom stereocenters. The molecule has 5 heteroatoms. The van der Waals surface area contributed by atoms with E-state index in [1.165, 1.54) is 17.7 Å². The number of benzene rings is 2. The number of nitrogens with zero attached hydrogens (tertiary/aromatic N) is 1. The van der Waals surface area contributed by atoms with Gasteiger partial charge in [-0.2, -0.15) is 0 Å². The molecule has 0 atom stereocenters. The van der Waals surface area contributed by atoms with Crippen molar-refractivity contribution in [3.05, 3.63) is 76.3 Å². The van der Waals surface area contributed by atoms with Crippen molar-refractivity contribution in [3.63, 3.8) is 0 Å². The molecular formula is C30H37FIrNO2-. The topological polar surface area (TPSA) is 50.2 Å². The van der Waals surface area contributed by atoms with E-state index in [0.717, 1.165) is 27.8 Å². The second-order valence-electron chi connectivity index (χ2n) is 11.1. The predicted octanol–water partition coefficient (Wildman–Crippen LogP) is 8.16. The minimum atomic E-state index is -0.417. The Balaban J connectivity index is 0.000000383. The van der Waals surface area contributed by atoms with Gasteiger partial charge in [0.1, 0.15) is 11.6 Å². The SMILES string of the molecule is CC(C)(C)C(=O)/C=C(\O)C(C)(C)C.Cc1[c-]c(-c2nc3cc(F)c(C)cc3cc2C)cc(C)c1.[Ir]. The van der Waals surface area contributed by atoms with E-state index >= 15 is 0 Å². The van der Waals surface area contributed by atoms with E-state index in [-0.39, 0.29) is 42.9 Å². The molecule has 0 bridgehead atoms. The van der Waals surface area contributed by atoms with Gasteiger partial charge in [0.25, 0.3) is 0 Å². The number of aliphatic hydroxyl groups excluding tert-OH is 1. The zero-order valence-electron chi connectivity index (χ0n) is 22.5. The first-order chi connectivity index (χ1) is 15.5. The molecule has 1 N–H and O–H groups in total. The molecule has 3 nitrogen and oxygen atoms in total. The van der Waals surface area contributed by atoms with Crippen LogP contribution in [0.1, 0.15) is 63.8 Å². The van der Waals surface area contributed by atoms with Crippen molar-refractivity contribution in [2.45, 2.75) is 69.2 Å². The van der Waals surface area contributed by atoms with E-state index in [2.05, 4.69) is 36.2 Å². The van der Waals surface area contributed by atoms with Crippen LogP contribution in [-0.2, 0) is 24.9 Å². The second-order valence-corrected chi connectivity index (χ2v) is 11.1. The van der Waals surface area contributed by atoms with Gasteiger partial charge in [0.15, 0.2) is 5.78 Å². The quantitative estimate of drug-likeness (QED) is 0.172. The van der Waals surface area contributed by atoms with Crippen molar-refractivity contribution in [1.82, 2.24) is 4.98 Å². The largest absolute Gasteiger partial charge is 0.512 e. The van der Waals surface area contributed by atoms with Crippen LogP contribution in [0.4, 0.5) is 4.39 Å². The smallest absolute Gasteiger partial charge is 0.164 e. The van der Waals surface area contributed by atoms with Gasteiger partial charge in [0.05, 0.1) is 5.52 Å². The van der Waals surface area contributed by atoms with Gasteiger partial charge in [-0.3, -0.25) is 9.78 Å². The molecule has 191 valence electrons. The fourth-order valence-electron chi connectivity index (χ4n) is 3.27. The van der Waals surface area contributed by atoms with Gasteiger partial charge in [-0.25, -0.2) is 4.39 Å².